The number of nitrogens with zero attached hydrogens (tertiary/aromatic N) is 2. The molecule has 0 spiro atoms. The molecule has 1 saturated heterocycles. The van der Waals surface area contributed by atoms with E-state index in [0.717, 1.165) is 13.0 Å². The molecule has 2 rings (SSSR count). The normalized spacial score (nSPS) is 21.9. The van der Waals surface area contributed by atoms with Crippen LogP contribution in [-0.4, -0.2) is 32.5 Å². The van der Waals surface area contributed by atoms with Crippen LogP contribution >= 0.6 is 0 Å². The highest BCUT2D eigenvalue weighted by Gasteiger charge is 2.28. The molecule has 86 valence electrons. The second-order valence-corrected chi connectivity index (χ2v) is 5.15. The minimum atomic E-state index is -1.41. The van der Waals surface area contributed by atoms with Gasteiger partial charge in [-0.15, -0.1) is 0 Å². The molecule has 0 bridgehead atoms. The zero-order chi connectivity index (χ0) is 11.5. The lowest BCUT2D eigenvalue weighted by molar-refractivity contribution is -0.388. The highest BCUT2D eigenvalue weighted by Crippen LogP contribution is 2.23. The van der Waals surface area contributed by atoms with Gasteiger partial charge >= 0.3 is 5.69 Å². The fourth-order valence-corrected chi connectivity index (χ4v) is 3.08. The van der Waals surface area contributed by atoms with Crippen LogP contribution in [0.25, 0.3) is 0 Å². The Hall–Kier alpha value is -1.34. The van der Waals surface area contributed by atoms with Crippen molar-refractivity contribution in [3.8, 4) is 0 Å². The van der Waals surface area contributed by atoms with Crippen molar-refractivity contribution in [2.24, 2.45) is 0 Å². The summed E-state index contributed by atoms with van der Waals surface area (Å²) >= 11 is 0. The van der Waals surface area contributed by atoms with Crippen molar-refractivity contribution in [2.75, 3.05) is 13.1 Å². The zero-order valence-corrected chi connectivity index (χ0v) is 9.27. The molecular weight excluding hydrogens is 230 g/mol. The lowest BCUT2D eigenvalue weighted by Crippen LogP contribution is -2.20. The Morgan fingerprint density at radius 3 is 3.06 bits per heavy atom. The molecule has 1 N–H and O–H groups in total. The fraction of sp³-hybridized carbons (Fsp3) is 0.444. The van der Waals surface area contributed by atoms with Crippen LogP contribution in [0.5, 0.6) is 0 Å². The van der Waals surface area contributed by atoms with E-state index in [0.29, 0.717) is 6.54 Å². The first-order valence-corrected chi connectivity index (χ1v) is 6.12. The minimum Gasteiger partial charge on any atom is -0.315 e. The number of pyridine rings is 1. The highest BCUT2D eigenvalue weighted by molar-refractivity contribution is 7.85. The van der Waals surface area contributed by atoms with Crippen molar-refractivity contribution in [3.63, 3.8) is 0 Å². The van der Waals surface area contributed by atoms with Gasteiger partial charge in [0.15, 0.2) is 0 Å². The third-order valence-corrected chi connectivity index (χ3v) is 4.16. The second-order valence-electron chi connectivity index (χ2n) is 3.50. The largest absolute Gasteiger partial charge is 0.315 e. The fourth-order valence-electron chi connectivity index (χ4n) is 1.65. The number of nitro groups is 1. The van der Waals surface area contributed by atoms with Crippen molar-refractivity contribution in [1.82, 2.24) is 10.3 Å². The number of hydrogen-bond acceptors (Lipinski definition) is 5. The summed E-state index contributed by atoms with van der Waals surface area (Å²) in [5, 5.41) is 13.8. The zero-order valence-electron chi connectivity index (χ0n) is 8.46. The quantitative estimate of drug-likeness (QED) is 0.613. The van der Waals surface area contributed by atoms with Gasteiger partial charge in [-0.2, -0.15) is 0 Å². The van der Waals surface area contributed by atoms with Gasteiger partial charge in [-0.3, -0.25) is 14.3 Å². The smallest absolute Gasteiger partial charge is 0.303 e. The summed E-state index contributed by atoms with van der Waals surface area (Å²) in [6.45, 7) is 1.43. The molecule has 1 aromatic heterocycles. The maximum absolute atomic E-state index is 12.1. The molecule has 1 fully saturated rings. The number of hydrogen-bond donors (Lipinski definition) is 1. The van der Waals surface area contributed by atoms with Gasteiger partial charge in [0.25, 0.3) is 0 Å². The van der Waals surface area contributed by atoms with E-state index in [1.807, 2.05) is 0 Å². The average molecular weight is 241 g/mol. The van der Waals surface area contributed by atoms with E-state index in [1.165, 1.54) is 18.3 Å². The lowest BCUT2D eigenvalue weighted by atomic mass is 10.4. The summed E-state index contributed by atoms with van der Waals surface area (Å²) in [6, 6.07) is 2.81. The molecule has 7 heteroatoms. The first kappa shape index (κ1) is 11.2. The molecule has 2 atom stereocenters. The summed E-state index contributed by atoms with van der Waals surface area (Å²) in [7, 11) is -1.41. The molecule has 6 nitrogen and oxygen atoms in total. The summed E-state index contributed by atoms with van der Waals surface area (Å²) in [5.41, 5.74) is -0.160. The van der Waals surface area contributed by atoms with Gasteiger partial charge in [0.2, 0.25) is 5.03 Å². The summed E-state index contributed by atoms with van der Waals surface area (Å²) in [6.07, 6.45) is 2.20. The van der Waals surface area contributed by atoms with Crippen molar-refractivity contribution >= 4 is 16.5 Å². The van der Waals surface area contributed by atoms with Crippen LogP contribution in [-0.2, 0) is 10.8 Å². The van der Waals surface area contributed by atoms with E-state index in [1.54, 1.807) is 0 Å². The molecule has 1 aliphatic heterocycles. The standard InChI is InChI=1S/C9H11N3O3S/c13-12(14)8-2-1-4-11-9(8)16(15)7-3-5-10-6-7/h1-2,4,7,10H,3,5-6H2/t7-,16?/m0/s1. The first-order valence-electron chi connectivity index (χ1n) is 4.91. The van der Waals surface area contributed by atoms with E-state index >= 15 is 0 Å². The minimum absolute atomic E-state index is 0.0754. The summed E-state index contributed by atoms with van der Waals surface area (Å²) in [5.74, 6) is 0. The Balaban J connectivity index is 2.32. The molecule has 1 aliphatic rings. The Labute approximate surface area is 94.7 Å². The number of aromatic nitrogens is 1. The van der Waals surface area contributed by atoms with Crippen molar-refractivity contribution in [3.05, 3.63) is 28.4 Å². The van der Waals surface area contributed by atoms with E-state index in [2.05, 4.69) is 10.3 Å². The van der Waals surface area contributed by atoms with Crippen LogP contribution in [0.1, 0.15) is 6.42 Å². The van der Waals surface area contributed by atoms with Gasteiger partial charge in [-0.05, 0) is 19.0 Å². The van der Waals surface area contributed by atoms with Crippen LogP contribution in [0.2, 0.25) is 0 Å². The lowest BCUT2D eigenvalue weighted by Gasteiger charge is -2.07. The Morgan fingerprint density at radius 2 is 2.44 bits per heavy atom. The van der Waals surface area contributed by atoms with Crippen molar-refractivity contribution in [1.29, 1.82) is 0 Å². The first-order chi connectivity index (χ1) is 7.70. The Morgan fingerprint density at radius 1 is 1.62 bits per heavy atom. The topological polar surface area (TPSA) is 85.1 Å². The van der Waals surface area contributed by atoms with Gasteiger partial charge < -0.3 is 5.32 Å². The summed E-state index contributed by atoms with van der Waals surface area (Å²) in [4.78, 5) is 14.1. The molecule has 2 heterocycles. The van der Waals surface area contributed by atoms with Crippen LogP contribution in [0.4, 0.5) is 5.69 Å². The van der Waals surface area contributed by atoms with Gasteiger partial charge in [-0.1, -0.05) is 0 Å². The molecule has 16 heavy (non-hydrogen) atoms. The Bertz CT molecular complexity index is 432. The van der Waals surface area contributed by atoms with E-state index in [-0.39, 0.29) is 16.0 Å². The molecule has 0 radical (unpaired) electrons. The molecule has 0 aliphatic carbocycles. The van der Waals surface area contributed by atoms with Crippen LogP contribution in [0.3, 0.4) is 0 Å². The van der Waals surface area contributed by atoms with E-state index in [9.17, 15) is 14.3 Å². The molecular formula is C9H11N3O3S. The monoisotopic (exact) mass is 241 g/mol. The maximum atomic E-state index is 12.1. The predicted molar refractivity (Wildman–Crippen MR) is 58.6 cm³/mol. The molecule has 1 aromatic rings. The van der Waals surface area contributed by atoms with E-state index in [4.69, 9.17) is 0 Å². The SMILES string of the molecule is O=[N+]([O-])c1cccnc1S(=O)[C@H]1CCNC1. The van der Waals surface area contributed by atoms with Gasteiger partial charge in [0.1, 0.15) is 0 Å². The molecule has 0 amide bonds. The van der Waals surface area contributed by atoms with Crippen LogP contribution < -0.4 is 5.32 Å². The van der Waals surface area contributed by atoms with Gasteiger partial charge in [0.05, 0.1) is 21.0 Å². The van der Waals surface area contributed by atoms with E-state index < -0.39 is 15.7 Å². The van der Waals surface area contributed by atoms with Crippen LogP contribution in [0, 0.1) is 10.1 Å². The van der Waals surface area contributed by atoms with Gasteiger partial charge in [0, 0.05) is 18.8 Å². The number of nitrogens with one attached hydrogen (secondary N) is 1. The Kier molecular flexibility index (Phi) is 3.25. The third kappa shape index (κ3) is 2.10. The molecule has 0 saturated carbocycles. The predicted octanol–water partition coefficient (Wildman–Crippen LogP) is 0.459. The third-order valence-electron chi connectivity index (χ3n) is 2.46. The van der Waals surface area contributed by atoms with Crippen molar-refractivity contribution in [2.45, 2.75) is 16.7 Å². The van der Waals surface area contributed by atoms with Crippen LogP contribution in [0.15, 0.2) is 23.4 Å². The van der Waals surface area contributed by atoms with Crippen molar-refractivity contribution < 1.29 is 9.13 Å². The summed E-state index contributed by atoms with van der Waals surface area (Å²) < 4.78 is 12.1. The highest BCUT2D eigenvalue weighted by atomic mass is 32.2. The average Bonchev–Trinajstić information content (AvgIpc) is 2.81. The molecule has 1 unspecified atom stereocenters. The number of rotatable bonds is 3. The maximum Gasteiger partial charge on any atom is 0.303 e. The second kappa shape index (κ2) is 4.67. The van der Waals surface area contributed by atoms with Gasteiger partial charge in [-0.25, -0.2) is 4.98 Å². The molecule has 0 aromatic carbocycles.